The predicted octanol–water partition coefficient (Wildman–Crippen LogP) is 5.06. The number of aryl methyl sites for hydroxylation is 2. The Labute approximate surface area is 190 Å². The number of hydrogen-bond donors (Lipinski definition) is 1. The van der Waals surface area contributed by atoms with Crippen molar-refractivity contribution in [1.29, 1.82) is 0 Å². The normalized spacial score (nSPS) is 12.7. The van der Waals surface area contributed by atoms with Crippen LogP contribution < -0.4 is 10.1 Å². The van der Waals surface area contributed by atoms with Gasteiger partial charge in [0.2, 0.25) is 5.91 Å². The molecule has 2 rings (SSSR count). The molecule has 168 valence electrons. The zero-order valence-corrected chi connectivity index (χ0v) is 19.8. The van der Waals surface area contributed by atoms with Crippen LogP contribution in [0.1, 0.15) is 50.3 Å². The number of ether oxygens (including phenoxy) is 1. The summed E-state index contributed by atoms with van der Waals surface area (Å²) in [6, 6.07) is 12.6. The Hall–Kier alpha value is -2.53. The molecule has 0 aliphatic rings. The number of benzene rings is 2. The van der Waals surface area contributed by atoms with Crippen molar-refractivity contribution in [3.63, 3.8) is 0 Å². The van der Waals surface area contributed by atoms with E-state index < -0.39 is 6.04 Å². The maximum absolute atomic E-state index is 13.2. The lowest BCUT2D eigenvalue weighted by Gasteiger charge is -2.31. The van der Waals surface area contributed by atoms with Crippen LogP contribution in [0.3, 0.4) is 0 Å². The van der Waals surface area contributed by atoms with Gasteiger partial charge in [-0.25, -0.2) is 0 Å². The van der Waals surface area contributed by atoms with E-state index in [0.717, 1.165) is 23.1 Å². The van der Waals surface area contributed by atoms with Gasteiger partial charge in [-0.15, -0.1) is 0 Å². The molecule has 31 heavy (non-hydrogen) atoms. The molecule has 2 aromatic rings. The topological polar surface area (TPSA) is 58.6 Å². The molecule has 0 saturated heterocycles. The Kier molecular flexibility index (Phi) is 9.38. The number of halogens is 1. The summed E-state index contributed by atoms with van der Waals surface area (Å²) in [5, 5.41) is 3.56. The number of carbonyl (C=O) groups excluding carboxylic acids is 2. The van der Waals surface area contributed by atoms with E-state index in [-0.39, 0.29) is 31.0 Å². The van der Waals surface area contributed by atoms with Crippen molar-refractivity contribution >= 4 is 23.4 Å². The van der Waals surface area contributed by atoms with Gasteiger partial charge in [0.05, 0.1) is 0 Å². The molecule has 0 heterocycles. The molecule has 6 heteroatoms. The second kappa shape index (κ2) is 11.8. The SMILES string of the molecule is CCC(C)NC(=O)C(CC)N(Cc1ccccc1Cl)C(=O)COc1ccc(C)cc1C. The van der Waals surface area contributed by atoms with Crippen LogP contribution in [-0.4, -0.2) is 35.4 Å². The fraction of sp³-hybridized carbons (Fsp3) is 0.440. The van der Waals surface area contributed by atoms with Gasteiger partial charge in [0, 0.05) is 17.6 Å². The Morgan fingerprint density at radius 1 is 1.10 bits per heavy atom. The molecule has 0 saturated carbocycles. The van der Waals surface area contributed by atoms with Crippen LogP contribution in [0.25, 0.3) is 0 Å². The van der Waals surface area contributed by atoms with Crippen molar-refractivity contribution in [3.05, 3.63) is 64.2 Å². The number of nitrogens with zero attached hydrogens (tertiary/aromatic N) is 1. The summed E-state index contributed by atoms with van der Waals surface area (Å²) in [6.45, 7) is 9.91. The molecule has 0 aliphatic heterocycles. The Morgan fingerprint density at radius 2 is 1.81 bits per heavy atom. The molecule has 0 aliphatic carbocycles. The van der Waals surface area contributed by atoms with Gasteiger partial charge in [-0.1, -0.05) is 61.3 Å². The maximum atomic E-state index is 13.2. The molecule has 2 atom stereocenters. The number of carbonyl (C=O) groups is 2. The predicted molar refractivity (Wildman–Crippen MR) is 125 cm³/mol. The lowest BCUT2D eigenvalue weighted by molar-refractivity contribution is -0.143. The number of amides is 2. The maximum Gasteiger partial charge on any atom is 0.261 e. The third kappa shape index (κ3) is 7.00. The second-order valence-corrected chi connectivity index (χ2v) is 8.32. The molecule has 0 spiro atoms. The van der Waals surface area contributed by atoms with Crippen molar-refractivity contribution in [2.45, 2.75) is 66.1 Å². The summed E-state index contributed by atoms with van der Waals surface area (Å²) in [7, 11) is 0. The van der Waals surface area contributed by atoms with E-state index in [4.69, 9.17) is 16.3 Å². The van der Waals surface area contributed by atoms with Crippen LogP contribution in [-0.2, 0) is 16.1 Å². The van der Waals surface area contributed by atoms with Crippen LogP contribution in [0.15, 0.2) is 42.5 Å². The largest absolute Gasteiger partial charge is 0.483 e. The van der Waals surface area contributed by atoms with E-state index in [1.165, 1.54) is 0 Å². The quantitative estimate of drug-likeness (QED) is 0.557. The lowest BCUT2D eigenvalue weighted by Crippen LogP contribution is -2.51. The first kappa shape index (κ1) is 24.7. The zero-order chi connectivity index (χ0) is 23.0. The Morgan fingerprint density at radius 3 is 2.42 bits per heavy atom. The van der Waals surface area contributed by atoms with E-state index in [1.807, 2.05) is 71.0 Å². The minimum atomic E-state index is -0.611. The third-order valence-electron chi connectivity index (χ3n) is 5.37. The summed E-state index contributed by atoms with van der Waals surface area (Å²) in [5.74, 6) is 0.239. The highest BCUT2D eigenvalue weighted by atomic mass is 35.5. The molecule has 2 amide bonds. The lowest BCUT2D eigenvalue weighted by atomic mass is 10.1. The fourth-order valence-electron chi connectivity index (χ4n) is 3.35. The van der Waals surface area contributed by atoms with Crippen molar-refractivity contribution in [3.8, 4) is 5.75 Å². The molecular weight excluding hydrogens is 412 g/mol. The van der Waals surface area contributed by atoms with Crippen LogP contribution in [0.5, 0.6) is 5.75 Å². The molecule has 0 bridgehead atoms. The highest BCUT2D eigenvalue weighted by molar-refractivity contribution is 6.31. The summed E-state index contributed by atoms with van der Waals surface area (Å²) in [5.41, 5.74) is 2.88. The van der Waals surface area contributed by atoms with Gasteiger partial charge in [0.25, 0.3) is 5.91 Å². The van der Waals surface area contributed by atoms with Gasteiger partial charge in [-0.3, -0.25) is 9.59 Å². The molecule has 0 fully saturated rings. The highest BCUT2D eigenvalue weighted by Crippen LogP contribution is 2.22. The minimum Gasteiger partial charge on any atom is -0.483 e. The van der Waals surface area contributed by atoms with E-state index in [2.05, 4.69) is 5.32 Å². The van der Waals surface area contributed by atoms with Crippen molar-refractivity contribution in [2.75, 3.05) is 6.61 Å². The molecule has 2 unspecified atom stereocenters. The second-order valence-electron chi connectivity index (χ2n) is 7.91. The van der Waals surface area contributed by atoms with E-state index in [0.29, 0.717) is 17.2 Å². The van der Waals surface area contributed by atoms with Gasteiger partial charge >= 0.3 is 0 Å². The summed E-state index contributed by atoms with van der Waals surface area (Å²) < 4.78 is 5.82. The van der Waals surface area contributed by atoms with Crippen LogP contribution in [0, 0.1) is 13.8 Å². The van der Waals surface area contributed by atoms with Gasteiger partial charge < -0.3 is 15.0 Å². The van der Waals surface area contributed by atoms with Crippen molar-refractivity contribution in [1.82, 2.24) is 10.2 Å². The van der Waals surface area contributed by atoms with Crippen molar-refractivity contribution in [2.24, 2.45) is 0 Å². The molecule has 1 N–H and O–H groups in total. The van der Waals surface area contributed by atoms with Gasteiger partial charge in [0.1, 0.15) is 11.8 Å². The summed E-state index contributed by atoms with van der Waals surface area (Å²) in [6.07, 6.45) is 1.30. The van der Waals surface area contributed by atoms with Gasteiger partial charge in [-0.05, 0) is 56.9 Å². The third-order valence-corrected chi connectivity index (χ3v) is 5.74. The number of nitrogens with one attached hydrogen (secondary N) is 1. The Bertz CT molecular complexity index is 900. The molecule has 5 nitrogen and oxygen atoms in total. The standard InChI is InChI=1S/C25H33ClN2O3/c1-6-19(5)27-25(30)22(7-2)28(15-20-10-8-9-11-21(20)26)24(29)16-31-23-13-12-17(3)14-18(23)4/h8-14,19,22H,6-7,15-16H2,1-5H3,(H,27,30). The van der Waals surface area contributed by atoms with Crippen LogP contribution in [0.2, 0.25) is 5.02 Å². The molecule has 2 aromatic carbocycles. The molecular formula is C25H33ClN2O3. The van der Waals surface area contributed by atoms with Crippen LogP contribution in [0.4, 0.5) is 0 Å². The van der Waals surface area contributed by atoms with Gasteiger partial charge in [0.15, 0.2) is 6.61 Å². The first-order valence-corrected chi connectivity index (χ1v) is 11.2. The van der Waals surface area contributed by atoms with Crippen molar-refractivity contribution < 1.29 is 14.3 Å². The summed E-state index contributed by atoms with van der Waals surface area (Å²) >= 11 is 6.35. The number of hydrogen-bond acceptors (Lipinski definition) is 3. The minimum absolute atomic E-state index is 0.0327. The van der Waals surface area contributed by atoms with E-state index >= 15 is 0 Å². The zero-order valence-electron chi connectivity index (χ0n) is 19.1. The van der Waals surface area contributed by atoms with Gasteiger partial charge in [-0.2, -0.15) is 0 Å². The van der Waals surface area contributed by atoms with E-state index in [1.54, 1.807) is 11.0 Å². The molecule has 0 aromatic heterocycles. The average Bonchev–Trinajstić information content (AvgIpc) is 2.74. The monoisotopic (exact) mass is 444 g/mol. The van der Waals surface area contributed by atoms with E-state index in [9.17, 15) is 9.59 Å². The average molecular weight is 445 g/mol. The molecule has 0 radical (unpaired) electrons. The first-order chi connectivity index (χ1) is 14.8. The smallest absolute Gasteiger partial charge is 0.261 e. The number of rotatable bonds is 10. The fourth-order valence-corrected chi connectivity index (χ4v) is 3.55. The van der Waals surface area contributed by atoms with Crippen LogP contribution >= 0.6 is 11.6 Å². The first-order valence-electron chi connectivity index (χ1n) is 10.8. The Balaban J connectivity index is 2.25. The summed E-state index contributed by atoms with van der Waals surface area (Å²) in [4.78, 5) is 27.8. The highest BCUT2D eigenvalue weighted by Gasteiger charge is 2.30.